The summed E-state index contributed by atoms with van der Waals surface area (Å²) in [5.74, 6) is 0.223. The van der Waals surface area contributed by atoms with Crippen LogP contribution in [0.25, 0.3) is 10.9 Å². The molecule has 0 amide bonds. The molecule has 1 N–H and O–H groups in total. The molecule has 2 heterocycles. The Morgan fingerprint density at radius 1 is 1.55 bits per heavy atom. The van der Waals surface area contributed by atoms with Crippen molar-refractivity contribution in [3.05, 3.63) is 28.3 Å². The highest BCUT2D eigenvalue weighted by atomic mass is 16.6. The Morgan fingerprint density at radius 2 is 2.30 bits per heavy atom. The number of aromatic nitrogens is 2. The zero-order chi connectivity index (χ0) is 14.3. The highest BCUT2D eigenvalue weighted by Gasteiger charge is 2.35. The van der Waals surface area contributed by atoms with Crippen LogP contribution >= 0.6 is 0 Å². The van der Waals surface area contributed by atoms with E-state index in [4.69, 9.17) is 0 Å². The second-order valence-corrected chi connectivity index (χ2v) is 4.66. The van der Waals surface area contributed by atoms with Crippen LogP contribution in [0.4, 0.5) is 11.5 Å². The quantitative estimate of drug-likeness (QED) is 0.511. The highest BCUT2D eigenvalue weighted by Crippen LogP contribution is 2.32. The molecule has 1 aromatic carbocycles. The summed E-state index contributed by atoms with van der Waals surface area (Å²) in [7, 11) is 1.36. The van der Waals surface area contributed by atoms with Gasteiger partial charge in [-0.15, -0.1) is 0 Å². The molecule has 1 aliphatic heterocycles. The van der Waals surface area contributed by atoms with Crippen LogP contribution in [0.5, 0.6) is 0 Å². The Balaban J connectivity index is 1.88. The van der Waals surface area contributed by atoms with E-state index in [1.807, 2.05) is 4.90 Å². The second-order valence-electron chi connectivity index (χ2n) is 4.66. The van der Waals surface area contributed by atoms with Crippen LogP contribution in [-0.4, -0.2) is 41.3 Å². The van der Waals surface area contributed by atoms with E-state index in [9.17, 15) is 14.9 Å². The minimum absolute atomic E-state index is 0.0187. The first kappa shape index (κ1) is 12.4. The number of hydrogen-bond acceptors (Lipinski definition) is 6. The van der Waals surface area contributed by atoms with Gasteiger partial charge in [0, 0.05) is 25.2 Å². The van der Waals surface area contributed by atoms with Crippen molar-refractivity contribution in [3.63, 3.8) is 0 Å². The molecule has 1 aliphatic rings. The molecule has 0 radical (unpaired) electrons. The number of benzene rings is 1. The van der Waals surface area contributed by atoms with E-state index in [1.165, 1.54) is 19.2 Å². The van der Waals surface area contributed by atoms with Gasteiger partial charge in [0.2, 0.25) is 0 Å². The minimum Gasteiger partial charge on any atom is -0.469 e. The van der Waals surface area contributed by atoms with Crippen molar-refractivity contribution in [2.75, 3.05) is 25.1 Å². The number of H-pyrrole nitrogens is 1. The molecule has 0 aliphatic carbocycles. The lowest BCUT2D eigenvalue weighted by molar-refractivity contribution is -0.384. The molecule has 3 rings (SSSR count). The number of non-ortho nitro benzene ring substituents is 1. The lowest BCUT2D eigenvalue weighted by Crippen LogP contribution is -2.51. The summed E-state index contributed by atoms with van der Waals surface area (Å²) < 4.78 is 4.67. The number of nitrogens with zero attached hydrogens (tertiary/aromatic N) is 3. The molecule has 8 heteroatoms. The fourth-order valence-corrected chi connectivity index (χ4v) is 2.31. The summed E-state index contributed by atoms with van der Waals surface area (Å²) in [4.78, 5) is 23.6. The fourth-order valence-electron chi connectivity index (χ4n) is 2.31. The number of rotatable bonds is 3. The first-order chi connectivity index (χ1) is 9.60. The van der Waals surface area contributed by atoms with Crippen molar-refractivity contribution in [2.24, 2.45) is 5.92 Å². The van der Waals surface area contributed by atoms with Gasteiger partial charge < -0.3 is 9.64 Å². The van der Waals surface area contributed by atoms with Crippen LogP contribution in [-0.2, 0) is 9.53 Å². The van der Waals surface area contributed by atoms with Crippen molar-refractivity contribution in [1.82, 2.24) is 10.2 Å². The Labute approximate surface area is 113 Å². The number of nitro groups is 1. The van der Waals surface area contributed by atoms with Crippen LogP contribution < -0.4 is 4.90 Å². The normalized spacial score (nSPS) is 15.2. The third-order valence-corrected chi connectivity index (χ3v) is 3.45. The van der Waals surface area contributed by atoms with Gasteiger partial charge in [0.1, 0.15) is 0 Å². The van der Waals surface area contributed by atoms with E-state index in [0.29, 0.717) is 24.3 Å². The lowest BCUT2D eigenvalue weighted by atomic mass is 10.00. The average molecular weight is 276 g/mol. The van der Waals surface area contributed by atoms with Crippen LogP contribution in [0.2, 0.25) is 0 Å². The molecule has 20 heavy (non-hydrogen) atoms. The zero-order valence-corrected chi connectivity index (χ0v) is 10.7. The van der Waals surface area contributed by atoms with E-state index >= 15 is 0 Å². The Kier molecular flexibility index (Phi) is 2.78. The molecule has 1 aromatic heterocycles. The van der Waals surface area contributed by atoms with Crippen LogP contribution in [0.15, 0.2) is 18.2 Å². The number of fused-ring (bicyclic) bond motifs is 1. The van der Waals surface area contributed by atoms with E-state index in [-0.39, 0.29) is 17.6 Å². The first-order valence-electron chi connectivity index (χ1n) is 6.05. The molecule has 0 atom stereocenters. The molecule has 1 saturated heterocycles. The van der Waals surface area contributed by atoms with Crippen molar-refractivity contribution in [1.29, 1.82) is 0 Å². The monoisotopic (exact) mass is 276 g/mol. The molecule has 8 nitrogen and oxygen atoms in total. The lowest BCUT2D eigenvalue weighted by Gasteiger charge is -2.37. The van der Waals surface area contributed by atoms with Gasteiger partial charge in [0.15, 0.2) is 5.82 Å². The first-order valence-corrected chi connectivity index (χ1v) is 6.05. The summed E-state index contributed by atoms with van der Waals surface area (Å²) in [6.45, 7) is 1.02. The second kappa shape index (κ2) is 4.48. The van der Waals surface area contributed by atoms with E-state index in [1.54, 1.807) is 6.07 Å². The van der Waals surface area contributed by atoms with Gasteiger partial charge in [-0.25, -0.2) is 0 Å². The topological polar surface area (TPSA) is 101 Å². The molecule has 0 bridgehead atoms. The van der Waals surface area contributed by atoms with Crippen molar-refractivity contribution in [3.8, 4) is 0 Å². The number of carbonyl (C=O) groups is 1. The number of carbonyl (C=O) groups excluding carboxylic acids is 1. The van der Waals surface area contributed by atoms with Crippen molar-refractivity contribution >= 4 is 28.4 Å². The predicted molar refractivity (Wildman–Crippen MR) is 70.5 cm³/mol. The smallest absolute Gasteiger partial charge is 0.312 e. The van der Waals surface area contributed by atoms with Crippen LogP contribution in [0.1, 0.15) is 0 Å². The van der Waals surface area contributed by atoms with Gasteiger partial charge in [-0.2, -0.15) is 5.10 Å². The molecule has 1 fully saturated rings. The predicted octanol–water partition coefficient (Wildman–Crippen LogP) is 1.08. The summed E-state index contributed by atoms with van der Waals surface area (Å²) in [6.07, 6.45) is 0. The maximum Gasteiger partial charge on any atom is 0.312 e. The number of methoxy groups -OCH3 is 1. The molecule has 104 valence electrons. The summed E-state index contributed by atoms with van der Waals surface area (Å²) in [5, 5.41) is 18.5. The van der Waals surface area contributed by atoms with Crippen molar-refractivity contribution in [2.45, 2.75) is 0 Å². The number of anilines is 1. The van der Waals surface area contributed by atoms with E-state index in [2.05, 4.69) is 14.9 Å². The molecule has 0 spiro atoms. The van der Waals surface area contributed by atoms with Gasteiger partial charge in [0.25, 0.3) is 5.69 Å². The van der Waals surface area contributed by atoms with Gasteiger partial charge in [-0.3, -0.25) is 20.0 Å². The third kappa shape index (κ3) is 1.85. The minimum atomic E-state index is -0.441. The fraction of sp³-hybridized carbons (Fsp3) is 0.333. The maximum atomic E-state index is 11.3. The zero-order valence-electron chi connectivity index (χ0n) is 10.7. The SMILES string of the molecule is COC(=O)C1CN(c2n[nH]c3ccc([N+](=O)[O-])cc23)C1. The summed E-state index contributed by atoms with van der Waals surface area (Å²) >= 11 is 0. The summed E-state index contributed by atoms with van der Waals surface area (Å²) in [5.41, 5.74) is 0.748. The number of esters is 1. The number of nitrogens with one attached hydrogen (secondary N) is 1. The Hall–Kier alpha value is -2.64. The molecular formula is C12H12N4O4. The molecule has 0 saturated carbocycles. The van der Waals surface area contributed by atoms with Gasteiger partial charge in [-0.1, -0.05) is 0 Å². The van der Waals surface area contributed by atoms with Gasteiger partial charge in [-0.05, 0) is 6.07 Å². The summed E-state index contributed by atoms with van der Waals surface area (Å²) in [6, 6.07) is 4.54. The highest BCUT2D eigenvalue weighted by molar-refractivity contribution is 5.92. The molecule has 2 aromatic rings. The van der Waals surface area contributed by atoms with Gasteiger partial charge >= 0.3 is 5.97 Å². The largest absolute Gasteiger partial charge is 0.469 e. The average Bonchev–Trinajstić information content (AvgIpc) is 2.80. The third-order valence-electron chi connectivity index (χ3n) is 3.45. The molecule has 0 unspecified atom stereocenters. The van der Waals surface area contributed by atoms with E-state index < -0.39 is 4.92 Å². The number of hydrogen-bond donors (Lipinski definition) is 1. The van der Waals surface area contributed by atoms with Gasteiger partial charge in [0.05, 0.1) is 28.9 Å². The Morgan fingerprint density at radius 3 is 2.95 bits per heavy atom. The van der Waals surface area contributed by atoms with E-state index in [0.717, 1.165) is 5.52 Å². The standard InChI is InChI=1S/C12H12N4O4/c1-20-12(17)7-5-15(6-7)11-9-4-8(16(18)19)2-3-10(9)13-14-11/h2-4,7H,5-6H2,1H3,(H,13,14). The van der Waals surface area contributed by atoms with Crippen molar-refractivity contribution < 1.29 is 14.5 Å². The Bertz CT molecular complexity index is 690. The number of aromatic amines is 1. The molecular weight excluding hydrogens is 264 g/mol. The number of nitro benzene ring substituents is 1. The number of ether oxygens (including phenoxy) is 1. The maximum absolute atomic E-state index is 11.3. The van der Waals surface area contributed by atoms with Crippen LogP contribution in [0.3, 0.4) is 0 Å². The van der Waals surface area contributed by atoms with Crippen LogP contribution in [0, 0.1) is 16.0 Å².